The van der Waals surface area contributed by atoms with Gasteiger partial charge in [-0.3, -0.25) is 0 Å². The Balaban J connectivity index is 2.05. The van der Waals surface area contributed by atoms with Crippen LogP contribution in [-0.2, 0) is 0 Å². The van der Waals surface area contributed by atoms with Crippen LogP contribution in [0.2, 0.25) is 19.6 Å². The van der Waals surface area contributed by atoms with Crippen LogP contribution in [0.1, 0.15) is 0 Å². The highest BCUT2D eigenvalue weighted by Crippen LogP contribution is 2.43. The largest absolute Gasteiger partial charge is 0.543 e. The lowest BCUT2D eigenvalue weighted by molar-refractivity contribution is 0.415. The van der Waals surface area contributed by atoms with E-state index in [1.165, 1.54) is 20.9 Å². The zero-order valence-corrected chi connectivity index (χ0v) is 16.3. The maximum Gasteiger partial charge on any atom is 0.242 e. The fourth-order valence-electron chi connectivity index (χ4n) is 2.47. The minimum atomic E-state index is -1.68. The van der Waals surface area contributed by atoms with Crippen molar-refractivity contribution in [3.8, 4) is 32.4 Å². The van der Waals surface area contributed by atoms with Crippen LogP contribution >= 0.6 is 11.3 Å². The van der Waals surface area contributed by atoms with E-state index in [2.05, 4.69) is 62.1 Å². The highest BCUT2D eigenvalue weighted by atomic mass is 32.1. The summed E-state index contributed by atoms with van der Waals surface area (Å²) in [5.41, 5.74) is 2.39. The maximum absolute atomic E-state index is 6.36. The summed E-state index contributed by atoms with van der Waals surface area (Å²) in [6.07, 6.45) is 0. The van der Waals surface area contributed by atoms with Crippen molar-refractivity contribution in [2.45, 2.75) is 19.6 Å². The molecule has 2 nitrogen and oxygen atoms in total. The standard InChI is InChI=1S/C20H22O2SSi/c1-21-17-12-10-15(11-13-17)19-14-18(22-24(2,3)4)20(23-19)16-8-6-5-7-9-16/h5-14H,1-4H3. The lowest BCUT2D eigenvalue weighted by Gasteiger charge is -2.19. The van der Waals surface area contributed by atoms with Gasteiger partial charge >= 0.3 is 0 Å². The van der Waals surface area contributed by atoms with Crippen LogP contribution in [0, 0.1) is 0 Å². The zero-order valence-electron chi connectivity index (χ0n) is 14.5. The van der Waals surface area contributed by atoms with Crippen LogP contribution in [0.3, 0.4) is 0 Å². The molecule has 24 heavy (non-hydrogen) atoms. The summed E-state index contributed by atoms with van der Waals surface area (Å²) in [5.74, 6) is 1.87. The average Bonchev–Trinajstić information content (AvgIpc) is 2.97. The first-order valence-electron chi connectivity index (χ1n) is 7.99. The maximum atomic E-state index is 6.36. The van der Waals surface area contributed by atoms with E-state index in [0.717, 1.165) is 11.5 Å². The Morgan fingerprint density at radius 3 is 2.08 bits per heavy atom. The number of hydrogen-bond donors (Lipinski definition) is 0. The molecule has 0 aliphatic heterocycles. The van der Waals surface area contributed by atoms with Gasteiger partial charge in [-0.1, -0.05) is 30.3 Å². The Hall–Kier alpha value is -2.04. The van der Waals surface area contributed by atoms with Crippen molar-refractivity contribution in [3.63, 3.8) is 0 Å². The second kappa shape index (κ2) is 6.83. The van der Waals surface area contributed by atoms with Crippen molar-refractivity contribution in [2.24, 2.45) is 0 Å². The Morgan fingerprint density at radius 1 is 0.833 bits per heavy atom. The molecule has 0 radical (unpaired) electrons. The summed E-state index contributed by atoms with van der Waals surface area (Å²) in [5, 5.41) is 0. The smallest absolute Gasteiger partial charge is 0.242 e. The Bertz CT molecular complexity index is 802. The van der Waals surface area contributed by atoms with Crippen molar-refractivity contribution >= 4 is 19.7 Å². The van der Waals surface area contributed by atoms with Gasteiger partial charge < -0.3 is 9.16 Å². The molecule has 0 atom stereocenters. The molecule has 124 valence electrons. The Labute approximate surface area is 148 Å². The van der Waals surface area contributed by atoms with E-state index < -0.39 is 8.32 Å². The zero-order chi connectivity index (χ0) is 17.2. The van der Waals surface area contributed by atoms with Crippen LogP contribution in [0.5, 0.6) is 11.5 Å². The number of methoxy groups -OCH3 is 1. The van der Waals surface area contributed by atoms with Crippen molar-refractivity contribution in [3.05, 3.63) is 60.7 Å². The van der Waals surface area contributed by atoms with E-state index in [4.69, 9.17) is 9.16 Å². The number of ether oxygens (including phenoxy) is 1. The first-order chi connectivity index (χ1) is 11.5. The normalized spacial score (nSPS) is 11.3. The molecule has 3 rings (SSSR count). The quantitative estimate of drug-likeness (QED) is 0.500. The summed E-state index contributed by atoms with van der Waals surface area (Å²) in [6, 6.07) is 20.8. The second-order valence-electron chi connectivity index (χ2n) is 6.61. The van der Waals surface area contributed by atoms with Gasteiger partial charge in [-0.2, -0.15) is 0 Å². The highest BCUT2D eigenvalue weighted by Gasteiger charge is 2.21. The van der Waals surface area contributed by atoms with E-state index in [9.17, 15) is 0 Å². The molecule has 3 aromatic rings. The molecule has 0 fully saturated rings. The molecule has 1 aromatic heterocycles. The van der Waals surface area contributed by atoms with Crippen molar-refractivity contribution in [1.82, 2.24) is 0 Å². The molecule has 0 aliphatic rings. The predicted octanol–water partition coefficient (Wildman–Crippen LogP) is 6.30. The summed E-state index contributed by atoms with van der Waals surface area (Å²) in [4.78, 5) is 2.41. The topological polar surface area (TPSA) is 18.5 Å². The van der Waals surface area contributed by atoms with Crippen molar-refractivity contribution in [1.29, 1.82) is 0 Å². The van der Waals surface area contributed by atoms with Gasteiger partial charge in [0.25, 0.3) is 0 Å². The van der Waals surface area contributed by atoms with Gasteiger partial charge in [0, 0.05) is 4.88 Å². The van der Waals surface area contributed by atoms with Crippen molar-refractivity contribution < 1.29 is 9.16 Å². The number of hydrogen-bond acceptors (Lipinski definition) is 3. The fourth-order valence-corrected chi connectivity index (χ4v) is 4.46. The average molecular weight is 355 g/mol. The molecule has 0 N–H and O–H groups in total. The van der Waals surface area contributed by atoms with Crippen LogP contribution in [0.4, 0.5) is 0 Å². The van der Waals surface area contributed by atoms with Crippen LogP contribution in [0.25, 0.3) is 20.9 Å². The van der Waals surface area contributed by atoms with Crippen LogP contribution in [0.15, 0.2) is 60.7 Å². The van der Waals surface area contributed by atoms with Gasteiger partial charge in [0.1, 0.15) is 11.5 Å². The van der Waals surface area contributed by atoms with E-state index in [-0.39, 0.29) is 0 Å². The lowest BCUT2D eigenvalue weighted by Crippen LogP contribution is -2.29. The molecule has 0 spiro atoms. The predicted molar refractivity (Wildman–Crippen MR) is 106 cm³/mol. The van der Waals surface area contributed by atoms with E-state index in [0.29, 0.717) is 0 Å². The molecule has 0 unspecified atom stereocenters. The van der Waals surface area contributed by atoms with Gasteiger partial charge in [-0.15, -0.1) is 11.3 Å². The SMILES string of the molecule is COc1ccc(-c2cc(O[Si](C)(C)C)c(-c3ccccc3)s2)cc1. The van der Waals surface area contributed by atoms with Gasteiger partial charge in [0.05, 0.1) is 12.0 Å². The van der Waals surface area contributed by atoms with Gasteiger partial charge in [0.2, 0.25) is 8.32 Å². The van der Waals surface area contributed by atoms with Crippen molar-refractivity contribution in [2.75, 3.05) is 7.11 Å². The molecular weight excluding hydrogens is 332 g/mol. The van der Waals surface area contributed by atoms with Crippen LogP contribution < -0.4 is 9.16 Å². The molecule has 0 saturated heterocycles. The molecule has 1 heterocycles. The van der Waals surface area contributed by atoms with E-state index in [1.54, 1.807) is 18.4 Å². The van der Waals surface area contributed by atoms with Gasteiger partial charge in [0.15, 0.2) is 0 Å². The summed E-state index contributed by atoms with van der Waals surface area (Å²) in [6.45, 7) is 6.64. The molecule has 0 saturated carbocycles. The molecule has 4 heteroatoms. The first-order valence-corrected chi connectivity index (χ1v) is 12.2. The summed E-state index contributed by atoms with van der Waals surface area (Å²) in [7, 11) is 0.0101. The van der Waals surface area contributed by atoms with E-state index >= 15 is 0 Å². The molecular formula is C20H22O2SSi. The molecule has 0 amide bonds. The minimum absolute atomic E-state index is 0.872. The summed E-state index contributed by atoms with van der Waals surface area (Å²) >= 11 is 1.78. The number of benzene rings is 2. The molecule has 0 bridgehead atoms. The Kier molecular flexibility index (Phi) is 4.78. The highest BCUT2D eigenvalue weighted by molar-refractivity contribution is 7.19. The number of rotatable bonds is 5. The molecule has 2 aromatic carbocycles. The Morgan fingerprint density at radius 2 is 1.50 bits per heavy atom. The van der Waals surface area contributed by atoms with E-state index in [1.807, 2.05) is 18.2 Å². The third kappa shape index (κ3) is 3.89. The van der Waals surface area contributed by atoms with Gasteiger partial charge in [-0.05, 0) is 61.1 Å². The van der Waals surface area contributed by atoms with Gasteiger partial charge in [-0.25, -0.2) is 0 Å². The number of thiophene rings is 1. The fraction of sp³-hybridized carbons (Fsp3) is 0.200. The summed E-state index contributed by atoms with van der Waals surface area (Å²) < 4.78 is 11.6. The third-order valence-electron chi connectivity index (χ3n) is 3.52. The monoisotopic (exact) mass is 354 g/mol. The lowest BCUT2D eigenvalue weighted by atomic mass is 10.1. The minimum Gasteiger partial charge on any atom is -0.543 e. The first kappa shape index (κ1) is 16.8. The molecule has 0 aliphatic carbocycles. The third-order valence-corrected chi connectivity index (χ3v) is 5.57. The second-order valence-corrected chi connectivity index (χ2v) is 12.1. The van der Waals surface area contributed by atoms with Crippen LogP contribution in [-0.4, -0.2) is 15.4 Å².